The van der Waals surface area contributed by atoms with Crippen LogP contribution < -0.4 is 9.64 Å². The van der Waals surface area contributed by atoms with Crippen LogP contribution in [0.2, 0.25) is 0 Å². The molecule has 1 N–H and O–H groups in total. The summed E-state index contributed by atoms with van der Waals surface area (Å²) >= 11 is 0. The molecule has 0 bridgehead atoms. The summed E-state index contributed by atoms with van der Waals surface area (Å²) < 4.78 is 5.30. The molecule has 3 aromatic rings. The van der Waals surface area contributed by atoms with Crippen molar-refractivity contribution in [1.29, 1.82) is 0 Å². The maximum atomic E-state index is 5.30. The van der Waals surface area contributed by atoms with Crippen molar-refractivity contribution in [3.05, 3.63) is 30.5 Å². The van der Waals surface area contributed by atoms with Crippen LogP contribution in [0, 0.1) is 0 Å². The summed E-state index contributed by atoms with van der Waals surface area (Å²) in [6.07, 6.45) is 4.42. The summed E-state index contributed by atoms with van der Waals surface area (Å²) in [6, 6.07) is 8.25. The van der Waals surface area contributed by atoms with Gasteiger partial charge in [-0.05, 0) is 31.0 Å². The Kier molecular flexibility index (Phi) is 2.55. The highest BCUT2D eigenvalue weighted by Crippen LogP contribution is 2.33. The van der Waals surface area contributed by atoms with E-state index in [0.29, 0.717) is 0 Å². The molecule has 0 unspecified atom stereocenters. The molecule has 1 saturated heterocycles. The Bertz CT molecular complexity index is 772. The van der Waals surface area contributed by atoms with Crippen LogP contribution in [-0.2, 0) is 0 Å². The van der Waals surface area contributed by atoms with E-state index in [-0.39, 0.29) is 0 Å². The number of methoxy groups -OCH3 is 1. The maximum Gasteiger partial charge on any atom is 0.152 e. The molecule has 0 saturated carbocycles. The van der Waals surface area contributed by atoms with E-state index in [4.69, 9.17) is 4.74 Å². The average molecular weight is 267 g/mol. The zero-order valence-electron chi connectivity index (χ0n) is 11.5. The molecule has 2 aromatic heterocycles. The lowest BCUT2D eigenvalue weighted by Gasteiger charge is -2.16. The molecule has 0 aliphatic carbocycles. The molecule has 0 atom stereocenters. The van der Waals surface area contributed by atoms with Crippen LogP contribution in [0.15, 0.2) is 30.5 Å². The Morgan fingerprint density at radius 3 is 2.80 bits per heavy atom. The number of H-pyrrole nitrogens is 1. The number of benzene rings is 1. The fraction of sp³-hybridized carbons (Fsp3) is 0.312. The largest absolute Gasteiger partial charge is 0.497 e. The molecule has 4 nitrogen and oxygen atoms in total. The van der Waals surface area contributed by atoms with Gasteiger partial charge in [0.25, 0.3) is 0 Å². The Hall–Kier alpha value is -2.23. The highest BCUT2D eigenvalue weighted by molar-refractivity contribution is 6.10. The smallest absolute Gasteiger partial charge is 0.152 e. The number of rotatable bonds is 2. The van der Waals surface area contributed by atoms with Crippen molar-refractivity contribution in [2.24, 2.45) is 0 Å². The molecule has 102 valence electrons. The Morgan fingerprint density at radius 2 is 2.00 bits per heavy atom. The van der Waals surface area contributed by atoms with Gasteiger partial charge >= 0.3 is 0 Å². The number of ether oxygens (including phenoxy) is 1. The van der Waals surface area contributed by atoms with Crippen molar-refractivity contribution in [2.45, 2.75) is 12.8 Å². The van der Waals surface area contributed by atoms with Crippen molar-refractivity contribution in [2.75, 3.05) is 25.1 Å². The number of anilines is 1. The van der Waals surface area contributed by atoms with Gasteiger partial charge in [0.05, 0.1) is 18.1 Å². The van der Waals surface area contributed by atoms with E-state index in [2.05, 4.69) is 27.0 Å². The third-order valence-electron chi connectivity index (χ3n) is 4.11. The van der Waals surface area contributed by atoms with Crippen molar-refractivity contribution in [3.8, 4) is 5.75 Å². The Morgan fingerprint density at radius 1 is 1.15 bits per heavy atom. The predicted molar refractivity (Wildman–Crippen MR) is 81.6 cm³/mol. The van der Waals surface area contributed by atoms with Crippen molar-refractivity contribution in [1.82, 2.24) is 9.97 Å². The van der Waals surface area contributed by atoms with Gasteiger partial charge in [0, 0.05) is 36.1 Å². The molecule has 4 heteroatoms. The van der Waals surface area contributed by atoms with Crippen molar-refractivity contribution in [3.63, 3.8) is 0 Å². The molecular weight excluding hydrogens is 250 g/mol. The average Bonchev–Trinajstić information content (AvgIpc) is 3.13. The normalized spacial score (nSPS) is 15.3. The number of aromatic nitrogens is 2. The van der Waals surface area contributed by atoms with E-state index in [1.54, 1.807) is 7.11 Å². The molecule has 4 rings (SSSR count). The first-order valence-electron chi connectivity index (χ1n) is 7.06. The van der Waals surface area contributed by atoms with Crippen LogP contribution in [-0.4, -0.2) is 30.2 Å². The van der Waals surface area contributed by atoms with Crippen LogP contribution in [0.5, 0.6) is 5.75 Å². The highest BCUT2D eigenvalue weighted by atomic mass is 16.5. The summed E-state index contributed by atoms with van der Waals surface area (Å²) in [4.78, 5) is 10.5. The number of hydrogen-bond acceptors (Lipinski definition) is 3. The molecule has 1 aliphatic rings. The molecule has 0 spiro atoms. The fourth-order valence-corrected chi connectivity index (χ4v) is 3.09. The highest BCUT2D eigenvalue weighted by Gasteiger charge is 2.18. The third-order valence-corrected chi connectivity index (χ3v) is 4.11. The van der Waals surface area contributed by atoms with Crippen molar-refractivity contribution < 1.29 is 4.74 Å². The quantitative estimate of drug-likeness (QED) is 0.774. The number of nitrogens with one attached hydrogen (secondary N) is 1. The number of fused-ring (bicyclic) bond motifs is 3. The summed E-state index contributed by atoms with van der Waals surface area (Å²) in [7, 11) is 1.70. The van der Waals surface area contributed by atoms with Gasteiger partial charge in [0.2, 0.25) is 0 Å². The second kappa shape index (κ2) is 4.40. The summed E-state index contributed by atoms with van der Waals surface area (Å²) in [5, 5.41) is 2.46. The summed E-state index contributed by atoms with van der Waals surface area (Å²) in [5.41, 5.74) is 2.24. The zero-order valence-corrected chi connectivity index (χ0v) is 11.5. The minimum Gasteiger partial charge on any atom is -0.497 e. The predicted octanol–water partition coefficient (Wildman–Crippen LogP) is 3.32. The van der Waals surface area contributed by atoms with E-state index >= 15 is 0 Å². The van der Waals surface area contributed by atoms with Gasteiger partial charge in [0.15, 0.2) is 5.82 Å². The van der Waals surface area contributed by atoms with Gasteiger partial charge in [-0.25, -0.2) is 4.98 Å². The topological polar surface area (TPSA) is 41.1 Å². The standard InChI is InChI=1S/C16H17N3O/c1-20-11-4-5-12-13-6-7-17-16(19-8-2-3-9-19)15(13)18-14(12)10-11/h4-7,10,18H,2-3,8-9H2,1H3. The van der Waals surface area contributed by atoms with Gasteiger partial charge in [-0.1, -0.05) is 0 Å². The van der Waals surface area contributed by atoms with Gasteiger partial charge in [0.1, 0.15) is 5.75 Å². The van der Waals surface area contributed by atoms with Gasteiger partial charge < -0.3 is 14.6 Å². The number of aromatic amines is 1. The first-order chi connectivity index (χ1) is 9.86. The lowest BCUT2D eigenvalue weighted by atomic mass is 10.2. The minimum atomic E-state index is 0.875. The third kappa shape index (κ3) is 1.64. The Labute approximate surface area is 117 Å². The zero-order chi connectivity index (χ0) is 13.5. The minimum absolute atomic E-state index is 0.875. The number of pyridine rings is 1. The lowest BCUT2D eigenvalue weighted by molar-refractivity contribution is 0.415. The molecule has 20 heavy (non-hydrogen) atoms. The van der Waals surface area contributed by atoms with Crippen LogP contribution >= 0.6 is 0 Å². The maximum absolute atomic E-state index is 5.30. The van der Waals surface area contributed by atoms with E-state index in [1.807, 2.05) is 18.3 Å². The molecular formula is C16H17N3O. The van der Waals surface area contributed by atoms with Gasteiger partial charge in [-0.15, -0.1) is 0 Å². The van der Waals surface area contributed by atoms with Gasteiger partial charge in [-0.2, -0.15) is 0 Å². The van der Waals surface area contributed by atoms with E-state index in [1.165, 1.54) is 23.6 Å². The molecule has 1 aliphatic heterocycles. The molecule has 3 heterocycles. The second-order valence-corrected chi connectivity index (χ2v) is 5.29. The van der Waals surface area contributed by atoms with Crippen LogP contribution in [0.3, 0.4) is 0 Å². The molecule has 1 aromatic carbocycles. The number of nitrogens with zero attached hydrogens (tertiary/aromatic N) is 2. The summed E-state index contributed by atoms with van der Waals surface area (Å²) in [6.45, 7) is 2.20. The number of hydrogen-bond donors (Lipinski definition) is 1. The second-order valence-electron chi connectivity index (χ2n) is 5.29. The Balaban J connectivity index is 1.97. The van der Waals surface area contributed by atoms with E-state index < -0.39 is 0 Å². The molecule has 0 amide bonds. The molecule has 0 radical (unpaired) electrons. The van der Waals surface area contributed by atoms with E-state index in [0.717, 1.165) is 35.7 Å². The van der Waals surface area contributed by atoms with Gasteiger partial charge in [-0.3, -0.25) is 0 Å². The van der Waals surface area contributed by atoms with E-state index in [9.17, 15) is 0 Å². The van der Waals surface area contributed by atoms with Crippen molar-refractivity contribution >= 4 is 27.6 Å². The lowest BCUT2D eigenvalue weighted by Crippen LogP contribution is -2.19. The fourth-order valence-electron chi connectivity index (χ4n) is 3.09. The van der Waals surface area contributed by atoms with Crippen LogP contribution in [0.4, 0.5) is 5.82 Å². The SMILES string of the molecule is COc1ccc2c(c1)[nH]c1c(N3CCCC3)nccc12. The monoisotopic (exact) mass is 267 g/mol. The first kappa shape index (κ1) is 11.6. The first-order valence-corrected chi connectivity index (χ1v) is 7.06. The van der Waals surface area contributed by atoms with Crippen LogP contribution in [0.1, 0.15) is 12.8 Å². The summed E-state index contributed by atoms with van der Waals surface area (Å²) in [5.74, 6) is 1.95. The molecule has 1 fully saturated rings. The van der Waals surface area contributed by atoms with Crippen LogP contribution in [0.25, 0.3) is 21.8 Å².